The van der Waals surface area contributed by atoms with Gasteiger partial charge in [0.2, 0.25) is 0 Å². The number of hydrogen-bond donors (Lipinski definition) is 1. The fourth-order valence-corrected chi connectivity index (χ4v) is 4.21. The molecule has 1 aromatic heterocycles. The van der Waals surface area contributed by atoms with Gasteiger partial charge in [-0.25, -0.2) is 4.79 Å². The summed E-state index contributed by atoms with van der Waals surface area (Å²) in [6.07, 6.45) is 0. The molecule has 3 rings (SSSR count). The van der Waals surface area contributed by atoms with Gasteiger partial charge in [0.1, 0.15) is 5.54 Å². The zero-order valence-electron chi connectivity index (χ0n) is 18.4. The first-order chi connectivity index (χ1) is 14.1. The van der Waals surface area contributed by atoms with Crippen LogP contribution in [0.4, 0.5) is 4.79 Å². The minimum absolute atomic E-state index is 0.0677. The number of imide groups is 1. The van der Waals surface area contributed by atoms with E-state index in [1.807, 2.05) is 56.5 Å². The molecular formula is C23H29N3O4. The number of ketones is 1. The summed E-state index contributed by atoms with van der Waals surface area (Å²) < 4.78 is 7.27. The summed E-state index contributed by atoms with van der Waals surface area (Å²) in [5, 5.41) is 2.75. The zero-order chi connectivity index (χ0) is 22.2. The molecule has 1 aliphatic rings. The summed E-state index contributed by atoms with van der Waals surface area (Å²) in [5.41, 5.74) is 2.81. The highest BCUT2D eigenvalue weighted by Gasteiger charge is 2.49. The summed E-state index contributed by atoms with van der Waals surface area (Å²) in [7, 11) is 1.64. The molecule has 0 aliphatic carbocycles. The van der Waals surface area contributed by atoms with Crippen LogP contribution in [0.5, 0.6) is 0 Å². The molecule has 3 amide bonds. The van der Waals surface area contributed by atoms with Gasteiger partial charge in [0.25, 0.3) is 5.91 Å². The maximum absolute atomic E-state index is 13.1. The molecule has 160 valence electrons. The molecule has 2 heterocycles. The van der Waals surface area contributed by atoms with Gasteiger partial charge in [0, 0.05) is 24.1 Å². The SMILES string of the molecule is COC[C@@H](C)n1c(C)cc(C(=O)CN2C(=O)N[C@@](C)(c3ccc(C)cc3)C2=O)c1C. The van der Waals surface area contributed by atoms with Crippen molar-refractivity contribution >= 4 is 17.7 Å². The summed E-state index contributed by atoms with van der Waals surface area (Å²) in [4.78, 5) is 39.7. The Morgan fingerprint density at radius 3 is 2.40 bits per heavy atom. The number of nitrogens with one attached hydrogen (secondary N) is 1. The van der Waals surface area contributed by atoms with E-state index in [2.05, 4.69) is 5.32 Å². The van der Waals surface area contributed by atoms with E-state index in [1.54, 1.807) is 20.1 Å². The Labute approximate surface area is 177 Å². The predicted molar refractivity (Wildman–Crippen MR) is 114 cm³/mol. The molecule has 0 unspecified atom stereocenters. The quantitative estimate of drug-likeness (QED) is 0.560. The predicted octanol–water partition coefficient (Wildman–Crippen LogP) is 3.27. The highest BCUT2D eigenvalue weighted by Crippen LogP contribution is 2.29. The van der Waals surface area contributed by atoms with Crippen molar-refractivity contribution in [3.63, 3.8) is 0 Å². The van der Waals surface area contributed by atoms with E-state index in [0.717, 1.165) is 21.9 Å². The molecule has 1 aromatic carbocycles. The average Bonchev–Trinajstić information content (AvgIpc) is 3.10. The number of urea groups is 1. The van der Waals surface area contributed by atoms with E-state index in [0.29, 0.717) is 17.7 Å². The number of Topliss-reactive ketones (excluding diaryl/α,β-unsaturated/α-hetero) is 1. The van der Waals surface area contributed by atoms with E-state index < -0.39 is 17.5 Å². The third kappa shape index (κ3) is 3.65. The first kappa shape index (κ1) is 21.8. The Morgan fingerprint density at radius 1 is 1.17 bits per heavy atom. The van der Waals surface area contributed by atoms with Crippen molar-refractivity contribution in [2.75, 3.05) is 20.3 Å². The molecule has 2 atom stereocenters. The van der Waals surface area contributed by atoms with Crippen molar-refractivity contribution in [1.29, 1.82) is 0 Å². The lowest BCUT2D eigenvalue weighted by Crippen LogP contribution is -2.41. The molecule has 0 radical (unpaired) electrons. The Balaban J connectivity index is 1.84. The topological polar surface area (TPSA) is 80.6 Å². The molecular weight excluding hydrogens is 382 g/mol. The molecule has 30 heavy (non-hydrogen) atoms. The number of amides is 3. The standard InChI is InChI=1S/C23H29N3O4/c1-14-7-9-18(10-8-14)23(5)21(28)25(22(29)24-23)12-20(27)19-11-15(2)26(17(19)4)16(3)13-30-6/h7-11,16H,12-13H2,1-6H3,(H,24,29)/t16-,23+/m1/s1. The van der Waals surface area contributed by atoms with Gasteiger partial charge in [-0.15, -0.1) is 0 Å². The summed E-state index contributed by atoms with van der Waals surface area (Å²) in [6, 6.07) is 8.75. The van der Waals surface area contributed by atoms with Gasteiger partial charge >= 0.3 is 6.03 Å². The zero-order valence-corrected chi connectivity index (χ0v) is 18.4. The summed E-state index contributed by atoms with van der Waals surface area (Å²) in [6.45, 7) is 9.66. The largest absolute Gasteiger partial charge is 0.383 e. The Hall–Kier alpha value is -2.93. The first-order valence-corrected chi connectivity index (χ1v) is 10.0. The summed E-state index contributed by atoms with van der Waals surface area (Å²) in [5.74, 6) is -0.693. The number of methoxy groups -OCH3 is 1. The van der Waals surface area contributed by atoms with Gasteiger partial charge in [-0.2, -0.15) is 0 Å². The molecule has 0 saturated carbocycles. The number of nitrogens with zero attached hydrogens (tertiary/aromatic N) is 2. The van der Waals surface area contributed by atoms with Gasteiger partial charge in [-0.1, -0.05) is 29.8 Å². The van der Waals surface area contributed by atoms with Crippen LogP contribution in [0, 0.1) is 20.8 Å². The van der Waals surface area contributed by atoms with Crippen LogP contribution in [0.25, 0.3) is 0 Å². The van der Waals surface area contributed by atoms with Crippen LogP contribution < -0.4 is 5.32 Å². The second-order valence-corrected chi connectivity index (χ2v) is 8.19. The smallest absolute Gasteiger partial charge is 0.325 e. The van der Waals surface area contributed by atoms with E-state index >= 15 is 0 Å². The molecule has 2 aromatic rings. The number of aryl methyl sites for hydroxylation is 2. The Morgan fingerprint density at radius 2 is 1.80 bits per heavy atom. The van der Waals surface area contributed by atoms with Crippen molar-refractivity contribution < 1.29 is 19.1 Å². The maximum atomic E-state index is 13.1. The fraction of sp³-hybridized carbons (Fsp3) is 0.435. The number of carbonyl (C=O) groups excluding carboxylic acids is 3. The highest BCUT2D eigenvalue weighted by molar-refractivity contribution is 6.11. The van der Waals surface area contributed by atoms with Gasteiger partial charge < -0.3 is 14.6 Å². The third-order valence-electron chi connectivity index (χ3n) is 5.84. The monoisotopic (exact) mass is 411 g/mol. The lowest BCUT2D eigenvalue weighted by molar-refractivity contribution is -0.130. The van der Waals surface area contributed by atoms with Crippen LogP contribution in [0.3, 0.4) is 0 Å². The van der Waals surface area contributed by atoms with Crippen LogP contribution in [0.1, 0.15) is 52.8 Å². The molecule has 7 heteroatoms. The van der Waals surface area contributed by atoms with E-state index in [1.165, 1.54) is 0 Å². The molecule has 7 nitrogen and oxygen atoms in total. The minimum Gasteiger partial charge on any atom is -0.383 e. The van der Waals surface area contributed by atoms with Crippen LogP contribution in [-0.4, -0.2) is 47.4 Å². The summed E-state index contributed by atoms with van der Waals surface area (Å²) >= 11 is 0. The molecule has 0 bridgehead atoms. The third-order valence-corrected chi connectivity index (χ3v) is 5.84. The molecule has 1 aliphatic heterocycles. The molecule has 0 spiro atoms. The van der Waals surface area contributed by atoms with Crippen LogP contribution >= 0.6 is 0 Å². The number of hydrogen-bond acceptors (Lipinski definition) is 4. The van der Waals surface area contributed by atoms with Gasteiger partial charge in [0.15, 0.2) is 5.78 Å². The number of carbonyl (C=O) groups is 3. The van der Waals surface area contributed by atoms with Crippen LogP contribution in [-0.2, 0) is 15.1 Å². The molecule has 1 N–H and O–H groups in total. The second-order valence-electron chi connectivity index (χ2n) is 8.19. The van der Waals surface area contributed by atoms with Gasteiger partial charge in [-0.05, 0) is 46.2 Å². The van der Waals surface area contributed by atoms with Crippen LogP contribution in [0.15, 0.2) is 30.3 Å². The second kappa shape index (κ2) is 8.07. The van der Waals surface area contributed by atoms with Crippen molar-refractivity contribution in [1.82, 2.24) is 14.8 Å². The average molecular weight is 412 g/mol. The van der Waals surface area contributed by atoms with Crippen molar-refractivity contribution in [2.45, 2.75) is 46.2 Å². The number of ether oxygens (including phenoxy) is 1. The van der Waals surface area contributed by atoms with Crippen LogP contribution in [0.2, 0.25) is 0 Å². The lowest BCUT2D eigenvalue weighted by Gasteiger charge is -2.22. The van der Waals surface area contributed by atoms with Crippen molar-refractivity contribution in [3.8, 4) is 0 Å². The van der Waals surface area contributed by atoms with E-state index in [9.17, 15) is 14.4 Å². The number of rotatable bonds is 7. The molecule has 1 fully saturated rings. The maximum Gasteiger partial charge on any atom is 0.325 e. The Kier molecular flexibility index (Phi) is 5.85. The first-order valence-electron chi connectivity index (χ1n) is 10.0. The van der Waals surface area contributed by atoms with Gasteiger partial charge in [0.05, 0.1) is 19.2 Å². The van der Waals surface area contributed by atoms with Crippen molar-refractivity contribution in [3.05, 3.63) is 58.4 Å². The normalized spacial score (nSPS) is 19.9. The number of aromatic nitrogens is 1. The Bertz CT molecular complexity index is 993. The minimum atomic E-state index is -1.19. The van der Waals surface area contributed by atoms with E-state index in [4.69, 9.17) is 4.74 Å². The molecule has 1 saturated heterocycles. The van der Waals surface area contributed by atoms with Gasteiger partial charge in [-0.3, -0.25) is 14.5 Å². The lowest BCUT2D eigenvalue weighted by atomic mass is 9.91. The van der Waals surface area contributed by atoms with E-state index in [-0.39, 0.29) is 18.4 Å². The fourth-order valence-electron chi connectivity index (χ4n) is 4.21. The number of benzene rings is 1. The highest BCUT2D eigenvalue weighted by atomic mass is 16.5. The van der Waals surface area contributed by atoms with Crippen molar-refractivity contribution in [2.24, 2.45) is 0 Å².